The van der Waals surface area contributed by atoms with E-state index in [9.17, 15) is 14.4 Å². The molecule has 1 saturated heterocycles. The average molecular weight is 567 g/mol. The maximum absolute atomic E-state index is 12.7. The molecule has 1 aliphatic heterocycles. The van der Waals surface area contributed by atoms with Crippen LogP contribution in [0.1, 0.15) is 11.1 Å². The largest absolute Gasteiger partial charge is 0.492 e. The van der Waals surface area contributed by atoms with Crippen molar-refractivity contribution in [2.24, 2.45) is 0 Å². The molecule has 1 aliphatic rings. The number of hydrogen-bond acceptors (Lipinski definition) is 6. The molecule has 3 amide bonds. The second-order valence-electron chi connectivity index (χ2n) is 7.84. The van der Waals surface area contributed by atoms with Crippen molar-refractivity contribution in [3.05, 3.63) is 93.3 Å². The normalized spacial score (nSPS) is 14.3. The van der Waals surface area contributed by atoms with Gasteiger partial charge in [-0.1, -0.05) is 42.5 Å². The maximum atomic E-state index is 12.7. The molecule has 0 atom stereocenters. The third-order valence-electron chi connectivity index (χ3n) is 5.23. The van der Waals surface area contributed by atoms with Crippen LogP contribution in [-0.4, -0.2) is 41.7 Å². The monoisotopic (exact) mass is 566 g/mol. The molecule has 0 bridgehead atoms. The van der Waals surface area contributed by atoms with E-state index < -0.39 is 0 Å². The number of carbonyl (C=O) groups is 3. The Kier molecular flexibility index (Phi) is 8.45. The highest BCUT2D eigenvalue weighted by atomic mass is 79.9. The van der Waals surface area contributed by atoms with Gasteiger partial charge in [0.15, 0.2) is 6.61 Å². The van der Waals surface area contributed by atoms with Gasteiger partial charge in [-0.2, -0.15) is 0 Å². The molecule has 0 spiro atoms. The zero-order valence-corrected chi connectivity index (χ0v) is 21.8. The predicted molar refractivity (Wildman–Crippen MR) is 144 cm³/mol. The lowest BCUT2D eigenvalue weighted by atomic mass is 10.2. The van der Waals surface area contributed by atoms with Crippen LogP contribution in [0.15, 0.2) is 82.2 Å². The minimum absolute atomic E-state index is 0.157. The molecule has 0 aliphatic carbocycles. The molecule has 36 heavy (non-hydrogen) atoms. The molecule has 3 aromatic carbocycles. The van der Waals surface area contributed by atoms with Gasteiger partial charge in [0.2, 0.25) is 0 Å². The van der Waals surface area contributed by atoms with E-state index in [1.165, 1.54) is 4.90 Å². The third-order valence-corrected chi connectivity index (χ3v) is 6.76. The number of para-hydroxylation sites is 2. The van der Waals surface area contributed by atoms with E-state index in [2.05, 4.69) is 21.2 Å². The van der Waals surface area contributed by atoms with Crippen molar-refractivity contribution in [3.8, 4) is 11.5 Å². The number of imide groups is 1. The molecular formula is C27H23BrN2O5S. The molecule has 9 heteroatoms. The van der Waals surface area contributed by atoms with Crippen molar-refractivity contribution in [3.63, 3.8) is 0 Å². The maximum Gasteiger partial charge on any atom is 0.293 e. The molecule has 0 unspecified atom stereocenters. The highest BCUT2D eigenvalue weighted by Gasteiger charge is 2.34. The lowest BCUT2D eigenvalue weighted by molar-refractivity contribution is -0.123. The lowest BCUT2D eigenvalue weighted by Gasteiger charge is -2.13. The summed E-state index contributed by atoms with van der Waals surface area (Å²) >= 11 is 4.34. The molecule has 1 heterocycles. The number of aryl methyl sites for hydroxylation is 1. The number of thioether (sulfide) groups is 1. The van der Waals surface area contributed by atoms with Crippen LogP contribution >= 0.6 is 27.7 Å². The van der Waals surface area contributed by atoms with Crippen LogP contribution in [0.2, 0.25) is 0 Å². The van der Waals surface area contributed by atoms with Crippen LogP contribution in [0, 0.1) is 6.92 Å². The second kappa shape index (κ2) is 11.9. The summed E-state index contributed by atoms with van der Waals surface area (Å²) in [6, 6.07) is 21.9. The molecule has 4 rings (SSSR count). The number of benzene rings is 3. The first-order chi connectivity index (χ1) is 17.4. The Balaban J connectivity index is 1.33. The van der Waals surface area contributed by atoms with Crippen LogP contribution in [0.25, 0.3) is 6.08 Å². The molecule has 0 radical (unpaired) electrons. The predicted octanol–water partition coefficient (Wildman–Crippen LogP) is 5.89. The lowest BCUT2D eigenvalue weighted by Crippen LogP contribution is -2.32. The third kappa shape index (κ3) is 6.56. The zero-order valence-electron chi connectivity index (χ0n) is 19.4. The first-order valence-electron chi connectivity index (χ1n) is 11.1. The first kappa shape index (κ1) is 25.5. The summed E-state index contributed by atoms with van der Waals surface area (Å²) in [5.74, 6) is 0.536. The Labute approximate surface area is 221 Å². The minimum atomic E-state index is -0.356. The second-order valence-corrected chi connectivity index (χ2v) is 9.68. The molecule has 1 N–H and O–H groups in total. The van der Waals surface area contributed by atoms with E-state index in [1.54, 1.807) is 24.3 Å². The average Bonchev–Trinajstić information content (AvgIpc) is 3.13. The summed E-state index contributed by atoms with van der Waals surface area (Å²) in [5.41, 5.74) is 2.41. The molecule has 3 aromatic rings. The quantitative estimate of drug-likeness (QED) is 0.325. The van der Waals surface area contributed by atoms with E-state index >= 15 is 0 Å². The van der Waals surface area contributed by atoms with Gasteiger partial charge in [0, 0.05) is 5.69 Å². The number of halogens is 1. The molecule has 184 valence electrons. The number of rotatable bonds is 9. The van der Waals surface area contributed by atoms with E-state index in [0.717, 1.165) is 23.0 Å². The van der Waals surface area contributed by atoms with Crippen molar-refractivity contribution in [1.82, 2.24) is 4.90 Å². The number of nitrogens with one attached hydrogen (secondary N) is 1. The van der Waals surface area contributed by atoms with Crippen LogP contribution in [0.4, 0.5) is 10.5 Å². The van der Waals surface area contributed by atoms with Gasteiger partial charge in [0.1, 0.15) is 18.1 Å². The highest BCUT2D eigenvalue weighted by molar-refractivity contribution is 9.10. The fraction of sp³-hybridized carbons (Fsp3) is 0.148. The zero-order chi connectivity index (χ0) is 25.5. The van der Waals surface area contributed by atoms with Gasteiger partial charge in [-0.05, 0) is 82.2 Å². The van der Waals surface area contributed by atoms with E-state index in [1.807, 2.05) is 61.5 Å². The van der Waals surface area contributed by atoms with Gasteiger partial charge in [0.25, 0.3) is 17.1 Å². The summed E-state index contributed by atoms with van der Waals surface area (Å²) in [4.78, 5) is 38.9. The number of ether oxygens (including phenoxy) is 2. The fourth-order valence-electron chi connectivity index (χ4n) is 3.38. The van der Waals surface area contributed by atoms with Crippen molar-refractivity contribution >= 4 is 56.5 Å². The van der Waals surface area contributed by atoms with Gasteiger partial charge in [-0.25, -0.2) is 0 Å². The van der Waals surface area contributed by atoms with Crippen molar-refractivity contribution in [1.29, 1.82) is 0 Å². The van der Waals surface area contributed by atoms with Crippen LogP contribution < -0.4 is 14.8 Å². The number of anilines is 1. The molecular weight excluding hydrogens is 544 g/mol. The Hall–Kier alpha value is -3.56. The van der Waals surface area contributed by atoms with Crippen LogP contribution in [-0.2, 0) is 9.59 Å². The topological polar surface area (TPSA) is 84.9 Å². The number of hydrogen-bond donors (Lipinski definition) is 1. The standard InChI is InChI=1S/C27H23BrN2O5S/c1-18-7-5-6-10-22(18)29-25(31)17-35-23-12-11-19(15-21(23)28)16-24-26(32)30(27(33)36-24)13-14-34-20-8-3-2-4-9-20/h2-12,15-16H,13-14,17H2,1H3,(H,29,31)/b24-16-. The summed E-state index contributed by atoms with van der Waals surface area (Å²) in [5, 5.41) is 2.49. The van der Waals surface area contributed by atoms with Gasteiger partial charge >= 0.3 is 0 Å². The van der Waals surface area contributed by atoms with E-state index in [-0.39, 0.29) is 36.8 Å². The van der Waals surface area contributed by atoms with E-state index in [4.69, 9.17) is 9.47 Å². The smallest absolute Gasteiger partial charge is 0.293 e. The van der Waals surface area contributed by atoms with Crippen molar-refractivity contribution in [2.45, 2.75) is 6.92 Å². The summed E-state index contributed by atoms with van der Waals surface area (Å²) < 4.78 is 11.9. The van der Waals surface area contributed by atoms with Crippen LogP contribution in [0.3, 0.4) is 0 Å². The van der Waals surface area contributed by atoms with E-state index in [0.29, 0.717) is 26.4 Å². The van der Waals surface area contributed by atoms with Crippen molar-refractivity contribution < 1.29 is 23.9 Å². The highest BCUT2D eigenvalue weighted by Crippen LogP contribution is 2.34. The fourth-order valence-corrected chi connectivity index (χ4v) is 4.76. The molecule has 7 nitrogen and oxygen atoms in total. The van der Waals surface area contributed by atoms with Gasteiger partial charge in [-0.15, -0.1) is 0 Å². The Morgan fingerprint density at radius 2 is 1.78 bits per heavy atom. The number of carbonyl (C=O) groups excluding carboxylic acids is 3. The first-order valence-corrected chi connectivity index (χ1v) is 12.7. The minimum Gasteiger partial charge on any atom is -0.492 e. The number of amides is 3. The summed E-state index contributed by atoms with van der Waals surface area (Å²) in [6.07, 6.45) is 1.66. The molecule has 0 aromatic heterocycles. The summed E-state index contributed by atoms with van der Waals surface area (Å²) in [7, 11) is 0. The molecule has 1 fully saturated rings. The Morgan fingerprint density at radius 1 is 1.03 bits per heavy atom. The SMILES string of the molecule is Cc1ccccc1NC(=O)COc1ccc(/C=C2\SC(=O)N(CCOc3ccccc3)C2=O)cc1Br. The van der Waals surface area contributed by atoms with Crippen LogP contribution in [0.5, 0.6) is 11.5 Å². The van der Waals surface area contributed by atoms with Gasteiger partial charge in [-0.3, -0.25) is 19.3 Å². The summed E-state index contributed by atoms with van der Waals surface area (Å²) in [6.45, 7) is 2.14. The van der Waals surface area contributed by atoms with Crippen molar-refractivity contribution in [2.75, 3.05) is 25.1 Å². The Bertz CT molecular complexity index is 1310. The molecule has 0 saturated carbocycles. The van der Waals surface area contributed by atoms with Gasteiger partial charge in [0.05, 0.1) is 15.9 Å². The Morgan fingerprint density at radius 3 is 2.53 bits per heavy atom. The van der Waals surface area contributed by atoms with Gasteiger partial charge < -0.3 is 14.8 Å². The number of nitrogens with zero attached hydrogens (tertiary/aromatic N) is 1.